The van der Waals surface area contributed by atoms with Crippen molar-refractivity contribution in [2.24, 2.45) is 0 Å². The van der Waals surface area contributed by atoms with Gasteiger partial charge in [-0.25, -0.2) is 9.97 Å². The molecule has 0 atom stereocenters. The van der Waals surface area contributed by atoms with Crippen LogP contribution in [0.1, 0.15) is 5.69 Å². The summed E-state index contributed by atoms with van der Waals surface area (Å²) in [6, 6.07) is 3.80. The van der Waals surface area contributed by atoms with Crippen LogP contribution in [0.2, 0.25) is 0 Å². The maximum Gasteiger partial charge on any atom is 0.214 e. The highest BCUT2D eigenvalue weighted by atomic mass is 32.1. The first-order chi connectivity index (χ1) is 7.88. The molecular weight excluding hydrogens is 222 g/mol. The molecule has 0 fully saturated rings. The van der Waals surface area contributed by atoms with Crippen LogP contribution in [-0.2, 0) is 6.42 Å². The number of hydrogen-bond donors (Lipinski definition) is 1. The van der Waals surface area contributed by atoms with Crippen molar-refractivity contribution >= 4 is 17.0 Å². The van der Waals surface area contributed by atoms with E-state index in [4.69, 9.17) is 4.74 Å². The molecule has 0 amide bonds. The number of nitrogens with one attached hydrogen (secondary N) is 1. The van der Waals surface area contributed by atoms with Gasteiger partial charge in [0.05, 0.1) is 18.3 Å². The van der Waals surface area contributed by atoms with Crippen molar-refractivity contribution in [1.29, 1.82) is 0 Å². The first kappa shape index (κ1) is 10.9. The molecule has 0 saturated carbocycles. The number of thiazole rings is 1. The highest BCUT2D eigenvalue weighted by molar-refractivity contribution is 7.07. The standard InChI is InChI=1S/C11H13N3OS/c1-15-11-6-9(2-5-13-11)12-4-3-10-7-16-8-14-10/h2,5-8H,3-4H2,1H3,(H,12,13). The number of aromatic nitrogens is 2. The number of hydrogen-bond acceptors (Lipinski definition) is 5. The van der Waals surface area contributed by atoms with Crippen molar-refractivity contribution in [2.45, 2.75) is 6.42 Å². The quantitative estimate of drug-likeness (QED) is 0.863. The van der Waals surface area contributed by atoms with Crippen LogP contribution in [0.5, 0.6) is 5.88 Å². The monoisotopic (exact) mass is 235 g/mol. The minimum Gasteiger partial charge on any atom is -0.481 e. The zero-order chi connectivity index (χ0) is 11.2. The Hall–Kier alpha value is -1.62. The van der Waals surface area contributed by atoms with Crippen molar-refractivity contribution in [2.75, 3.05) is 19.0 Å². The van der Waals surface area contributed by atoms with Gasteiger partial charge in [-0.3, -0.25) is 0 Å². The lowest BCUT2D eigenvalue weighted by Crippen LogP contribution is -2.05. The van der Waals surface area contributed by atoms with E-state index in [2.05, 4.69) is 20.7 Å². The van der Waals surface area contributed by atoms with Gasteiger partial charge in [0, 0.05) is 36.3 Å². The highest BCUT2D eigenvalue weighted by Gasteiger charge is 1.97. The number of ether oxygens (including phenoxy) is 1. The Labute approximate surface area is 98.3 Å². The third-order valence-corrected chi connectivity index (χ3v) is 2.77. The average molecular weight is 235 g/mol. The second-order valence-corrected chi connectivity index (χ2v) is 3.96. The number of methoxy groups -OCH3 is 1. The Balaban J connectivity index is 1.85. The molecule has 0 aromatic carbocycles. The summed E-state index contributed by atoms with van der Waals surface area (Å²) in [5, 5.41) is 5.37. The van der Waals surface area contributed by atoms with Crippen LogP contribution in [0, 0.1) is 0 Å². The van der Waals surface area contributed by atoms with Gasteiger partial charge in [0.25, 0.3) is 0 Å². The Morgan fingerprint density at radius 1 is 1.44 bits per heavy atom. The minimum absolute atomic E-state index is 0.624. The van der Waals surface area contributed by atoms with Gasteiger partial charge >= 0.3 is 0 Å². The lowest BCUT2D eigenvalue weighted by Gasteiger charge is -2.06. The summed E-state index contributed by atoms with van der Waals surface area (Å²) in [6.07, 6.45) is 2.65. The lowest BCUT2D eigenvalue weighted by atomic mass is 10.3. The molecule has 2 rings (SSSR count). The summed E-state index contributed by atoms with van der Waals surface area (Å²) in [5.74, 6) is 0.624. The van der Waals surface area contributed by atoms with Crippen LogP contribution in [0.3, 0.4) is 0 Å². The van der Waals surface area contributed by atoms with E-state index < -0.39 is 0 Å². The first-order valence-corrected chi connectivity index (χ1v) is 5.94. The third kappa shape index (κ3) is 2.93. The summed E-state index contributed by atoms with van der Waals surface area (Å²) in [6.45, 7) is 0.858. The van der Waals surface area contributed by atoms with Crippen LogP contribution < -0.4 is 10.1 Å². The number of rotatable bonds is 5. The van der Waals surface area contributed by atoms with Gasteiger partial charge in [0.1, 0.15) is 0 Å². The molecule has 0 saturated heterocycles. The van der Waals surface area contributed by atoms with Gasteiger partial charge in [0.2, 0.25) is 5.88 Å². The zero-order valence-electron chi connectivity index (χ0n) is 9.01. The van der Waals surface area contributed by atoms with Crippen molar-refractivity contribution < 1.29 is 4.74 Å². The molecule has 2 heterocycles. The molecule has 0 bridgehead atoms. The van der Waals surface area contributed by atoms with E-state index in [0.29, 0.717) is 5.88 Å². The second kappa shape index (κ2) is 5.46. The van der Waals surface area contributed by atoms with Crippen molar-refractivity contribution in [3.8, 4) is 5.88 Å². The van der Waals surface area contributed by atoms with Gasteiger partial charge in [-0.15, -0.1) is 11.3 Å². The van der Waals surface area contributed by atoms with E-state index in [1.54, 1.807) is 24.6 Å². The molecule has 0 aliphatic rings. The maximum absolute atomic E-state index is 5.05. The van der Waals surface area contributed by atoms with Crippen molar-refractivity contribution in [1.82, 2.24) is 9.97 Å². The molecule has 84 valence electrons. The molecule has 0 aliphatic heterocycles. The Kier molecular flexibility index (Phi) is 3.71. The number of anilines is 1. The molecule has 16 heavy (non-hydrogen) atoms. The molecule has 0 aliphatic carbocycles. The molecule has 0 unspecified atom stereocenters. The van der Waals surface area contributed by atoms with E-state index in [-0.39, 0.29) is 0 Å². The smallest absolute Gasteiger partial charge is 0.214 e. The molecule has 2 aromatic rings. The SMILES string of the molecule is COc1cc(NCCc2cscn2)ccn1. The molecule has 1 N–H and O–H groups in total. The van der Waals surface area contributed by atoms with Gasteiger partial charge in [-0.1, -0.05) is 0 Å². The fourth-order valence-electron chi connectivity index (χ4n) is 1.33. The fraction of sp³-hybridized carbons (Fsp3) is 0.273. The fourth-order valence-corrected chi connectivity index (χ4v) is 1.92. The third-order valence-electron chi connectivity index (χ3n) is 2.14. The van der Waals surface area contributed by atoms with E-state index >= 15 is 0 Å². The minimum atomic E-state index is 0.624. The number of pyridine rings is 1. The normalized spacial score (nSPS) is 10.1. The molecule has 4 nitrogen and oxygen atoms in total. The van der Waals surface area contributed by atoms with Crippen molar-refractivity contribution in [3.63, 3.8) is 0 Å². The molecular formula is C11H13N3OS. The average Bonchev–Trinajstić information content (AvgIpc) is 2.82. The Morgan fingerprint density at radius 3 is 3.12 bits per heavy atom. The van der Waals surface area contributed by atoms with Crippen LogP contribution in [0.4, 0.5) is 5.69 Å². The van der Waals surface area contributed by atoms with Crippen LogP contribution in [0.25, 0.3) is 0 Å². The summed E-state index contributed by atoms with van der Waals surface area (Å²) < 4.78 is 5.05. The zero-order valence-corrected chi connectivity index (χ0v) is 9.83. The molecule has 0 radical (unpaired) electrons. The Bertz CT molecular complexity index is 431. The van der Waals surface area contributed by atoms with Gasteiger partial charge in [0.15, 0.2) is 0 Å². The molecule has 5 heteroatoms. The van der Waals surface area contributed by atoms with Crippen LogP contribution >= 0.6 is 11.3 Å². The van der Waals surface area contributed by atoms with Crippen molar-refractivity contribution in [3.05, 3.63) is 34.9 Å². The highest BCUT2D eigenvalue weighted by Crippen LogP contribution is 2.13. The van der Waals surface area contributed by atoms with Crippen LogP contribution in [0.15, 0.2) is 29.2 Å². The van der Waals surface area contributed by atoms with Gasteiger partial charge in [-0.2, -0.15) is 0 Å². The summed E-state index contributed by atoms with van der Waals surface area (Å²) >= 11 is 1.62. The lowest BCUT2D eigenvalue weighted by molar-refractivity contribution is 0.398. The largest absolute Gasteiger partial charge is 0.481 e. The van der Waals surface area contributed by atoms with Crippen LogP contribution in [-0.4, -0.2) is 23.6 Å². The van der Waals surface area contributed by atoms with E-state index in [9.17, 15) is 0 Å². The molecule has 0 spiro atoms. The van der Waals surface area contributed by atoms with E-state index in [1.807, 2.05) is 17.6 Å². The van der Waals surface area contributed by atoms with Gasteiger partial charge in [-0.05, 0) is 6.07 Å². The molecule has 2 aromatic heterocycles. The van der Waals surface area contributed by atoms with Gasteiger partial charge < -0.3 is 10.1 Å². The second-order valence-electron chi connectivity index (χ2n) is 3.24. The Morgan fingerprint density at radius 2 is 2.38 bits per heavy atom. The first-order valence-electron chi connectivity index (χ1n) is 4.99. The topological polar surface area (TPSA) is 47.0 Å². The van der Waals surface area contributed by atoms with E-state index in [1.165, 1.54) is 0 Å². The summed E-state index contributed by atoms with van der Waals surface area (Å²) in [4.78, 5) is 8.27. The predicted octanol–water partition coefficient (Wildman–Crippen LogP) is 2.20. The predicted molar refractivity (Wildman–Crippen MR) is 65.1 cm³/mol. The number of nitrogens with zero attached hydrogens (tertiary/aromatic N) is 2. The van der Waals surface area contributed by atoms with E-state index in [0.717, 1.165) is 24.3 Å². The summed E-state index contributed by atoms with van der Waals surface area (Å²) in [7, 11) is 1.61. The maximum atomic E-state index is 5.05. The summed E-state index contributed by atoms with van der Waals surface area (Å²) in [5.41, 5.74) is 3.99.